The number of carbonyl (C=O) groups excluding carboxylic acids is 1. The highest BCUT2D eigenvalue weighted by Gasteiger charge is 2.35. The van der Waals surface area contributed by atoms with Crippen LogP contribution in [0, 0.1) is 19.8 Å². The molecule has 3 rings (SSSR count). The Balaban J connectivity index is 1.79. The number of aromatic nitrogens is 4. The molecule has 1 saturated heterocycles. The lowest BCUT2D eigenvalue weighted by Crippen LogP contribution is -2.36. The smallest absolute Gasteiger partial charge is 0.227 e. The quantitative estimate of drug-likeness (QED) is 0.869. The molecule has 0 aliphatic carbocycles. The molecule has 0 N–H and O–H groups in total. The van der Waals surface area contributed by atoms with Gasteiger partial charge in [-0.2, -0.15) is 10.2 Å². The lowest BCUT2D eigenvalue weighted by Gasteiger charge is -2.28. The predicted octanol–water partition coefficient (Wildman–Crippen LogP) is 2.23. The first-order chi connectivity index (χ1) is 11.0. The van der Waals surface area contributed by atoms with Crippen molar-refractivity contribution in [1.29, 1.82) is 0 Å². The predicted molar refractivity (Wildman–Crippen MR) is 87.8 cm³/mol. The molecule has 6 heteroatoms. The Kier molecular flexibility index (Phi) is 4.24. The zero-order valence-corrected chi connectivity index (χ0v) is 14.4. The van der Waals surface area contributed by atoms with E-state index in [0.717, 1.165) is 30.8 Å². The van der Waals surface area contributed by atoms with Gasteiger partial charge < -0.3 is 4.90 Å². The molecule has 1 aliphatic heterocycles. The van der Waals surface area contributed by atoms with E-state index in [9.17, 15) is 4.79 Å². The van der Waals surface area contributed by atoms with E-state index in [4.69, 9.17) is 0 Å². The lowest BCUT2D eigenvalue weighted by molar-refractivity contribution is -0.136. The summed E-state index contributed by atoms with van der Waals surface area (Å²) in [4.78, 5) is 15.0. The van der Waals surface area contributed by atoms with Crippen LogP contribution < -0.4 is 0 Å². The lowest BCUT2D eigenvalue weighted by atomic mass is 10.0. The molecule has 2 atom stereocenters. The van der Waals surface area contributed by atoms with Crippen LogP contribution in [0.5, 0.6) is 0 Å². The highest BCUT2D eigenvalue weighted by Crippen LogP contribution is 2.36. The van der Waals surface area contributed by atoms with Crippen molar-refractivity contribution < 1.29 is 4.79 Å². The Labute approximate surface area is 137 Å². The number of rotatable bonds is 4. The highest BCUT2D eigenvalue weighted by atomic mass is 16.2. The SMILES string of the molecule is Cc1nn(C)c(C)c1[C@@H]1CCCN1C(=O)[C@@H](C)Cn1cccn1. The average molecular weight is 315 g/mol. The van der Waals surface area contributed by atoms with Crippen molar-refractivity contribution in [1.82, 2.24) is 24.5 Å². The first-order valence-corrected chi connectivity index (χ1v) is 8.27. The fraction of sp³-hybridized carbons (Fsp3) is 0.588. The molecule has 1 fully saturated rings. The van der Waals surface area contributed by atoms with Crippen LogP contribution in [0.25, 0.3) is 0 Å². The van der Waals surface area contributed by atoms with Gasteiger partial charge in [0, 0.05) is 37.2 Å². The Morgan fingerprint density at radius 2 is 2.22 bits per heavy atom. The zero-order valence-electron chi connectivity index (χ0n) is 14.4. The summed E-state index contributed by atoms with van der Waals surface area (Å²) in [7, 11) is 1.97. The average Bonchev–Trinajstić information content (AvgIpc) is 3.21. The Hall–Kier alpha value is -2.11. The fourth-order valence-corrected chi connectivity index (χ4v) is 3.65. The van der Waals surface area contributed by atoms with Crippen LogP contribution in [0.15, 0.2) is 18.5 Å². The molecular weight excluding hydrogens is 290 g/mol. The second-order valence-corrected chi connectivity index (χ2v) is 6.53. The summed E-state index contributed by atoms with van der Waals surface area (Å²) in [5.41, 5.74) is 3.42. The van der Waals surface area contributed by atoms with E-state index in [2.05, 4.69) is 17.1 Å². The third kappa shape index (κ3) is 2.90. The van der Waals surface area contributed by atoms with Crippen molar-refractivity contribution in [2.45, 2.75) is 46.2 Å². The van der Waals surface area contributed by atoms with Crippen LogP contribution in [0.2, 0.25) is 0 Å². The van der Waals surface area contributed by atoms with Gasteiger partial charge in [0.1, 0.15) is 0 Å². The van der Waals surface area contributed by atoms with E-state index in [1.807, 2.05) is 47.4 Å². The molecule has 0 radical (unpaired) electrons. The standard InChI is InChI=1S/C17H25N5O/c1-12(11-21-9-6-8-18-21)17(23)22-10-5-7-15(22)16-13(2)19-20(4)14(16)3/h6,8-9,12,15H,5,7,10-11H2,1-4H3/t12-,15-/m0/s1. The molecule has 0 unspecified atom stereocenters. The van der Waals surface area contributed by atoms with E-state index < -0.39 is 0 Å². The molecule has 6 nitrogen and oxygen atoms in total. The highest BCUT2D eigenvalue weighted by molar-refractivity contribution is 5.79. The molecule has 0 aromatic carbocycles. The van der Waals surface area contributed by atoms with Crippen molar-refractivity contribution >= 4 is 5.91 Å². The molecule has 124 valence electrons. The third-order valence-corrected chi connectivity index (χ3v) is 4.88. The second kappa shape index (κ2) is 6.18. The van der Waals surface area contributed by atoms with Gasteiger partial charge in [-0.05, 0) is 32.8 Å². The molecule has 2 aromatic heterocycles. The van der Waals surface area contributed by atoms with Gasteiger partial charge in [-0.15, -0.1) is 0 Å². The molecule has 2 aromatic rings. The molecule has 1 amide bonds. The maximum Gasteiger partial charge on any atom is 0.227 e. The van der Waals surface area contributed by atoms with Gasteiger partial charge in [-0.25, -0.2) is 0 Å². The molecule has 1 aliphatic rings. The normalized spacial score (nSPS) is 19.3. The van der Waals surface area contributed by atoms with Gasteiger partial charge in [0.25, 0.3) is 0 Å². The summed E-state index contributed by atoms with van der Waals surface area (Å²) in [6, 6.07) is 2.05. The van der Waals surface area contributed by atoms with Gasteiger partial charge in [0.2, 0.25) is 5.91 Å². The maximum absolute atomic E-state index is 12.9. The van der Waals surface area contributed by atoms with Gasteiger partial charge in [0.05, 0.1) is 24.2 Å². The number of hydrogen-bond acceptors (Lipinski definition) is 3. The van der Waals surface area contributed by atoms with E-state index in [1.54, 1.807) is 6.20 Å². The van der Waals surface area contributed by atoms with Crippen molar-refractivity contribution in [3.05, 3.63) is 35.4 Å². The van der Waals surface area contributed by atoms with Crippen molar-refractivity contribution in [2.75, 3.05) is 6.54 Å². The number of hydrogen-bond donors (Lipinski definition) is 0. The van der Waals surface area contributed by atoms with Gasteiger partial charge >= 0.3 is 0 Å². The second-order valence-electron chi connectivity index (χ2n) is 6.53. The number of amides is 1. The number of aryl methyl sites for hydroxylation is 2. The third-order valence-electron chi connectivity index (χ3n) is 4.88. The van der Waals surface area contributed by atoms with Crippen LogP contribution in [0.3, 0.4) is 0 Å². The van der Waals surface area contributed by atoms with Crippen LogP contribution in [0.4, 0.5) is 0 Å². The van der Waals surface area contributed by atoms with Crippen molar-refractivity contribution in [3.8, 4) is 0 Å². The van der Waals surface area contributed by atoms with Crippen molar-refractivity contribution in [3.63, 3.8) is 0 Å². The van der Waals surface area contributed by atoms with Crippen LogP contribution in [-0.2, 0) is 18.4 Å². The minimum absolute atomic E-state index is 0.0761. The summed E-state index contributed by atoms with van der Waals surface area (Å²) < 4.78 is 3.74. The molecular formula is C17H25N5O. The van der Waals surface area contributed by atoms with Crippen molar-refractivity contribution in [2.24, 2.45) is 13.0 Å². The molecule has 0 saturated carbocycles. The molecule has 0 spiro atoms. The molecule has 3 heterocycles. The van der Waals surface area contributed by atoms with E-state index in [1.165, 1.54) is 5.56 Å². The fourth-order valence-electron chi connectivity index (χ4n) is 3.65. The maximum atomic E-state index is 12.9. The molecule has 0 bridgehead atoms. The monoisotopic (exact) mass is 315 g/mol. The first-order valence-electron chi connectivity index (χ1n) is 8.27. The minimum Gasteiger partial charge on any atom is -0.335 e. The van der Waals surface area contributed by atoms with Gasteiger partial charge in [-0.1, -0.05) is 6.92 Å². The van der Waals surface area contributed by atoms with E-state index >= 15 is 0 Å². The Morgan fingerprint density at radius 1 is 1.43 bits per heavy atom. The summed E-state index contributed by atoms with van der Waals surface area (Å²) in [6.45, 7) is 7.57. The van der Waals surface area contributed by atoms with Gasteiger partial charge in [-0.3, -0.25) is 14.2 Å². The zero-order chi connectivity index (χ0) is 16.6. The van der Waals surface area contributed by atoms with E-state index in [0.29, 0.717) is 6.54 Å². The molecule has 23 heavy (non-hydrogen) atoms. The largest absolute Gasteiger partial charge is 0.335 e. The van der Waals surface area contributed by atoms with E-state index in [-0.39, 0.29) is 17.9 Å². The summed E-state index contributed by atoms with van der Waals surface area (Å²) in [5.74, 6) is 0.137. The van der Waals surface area contributed by atoms with Crippen LogP contribution in [0.1, 0.15) is 42.8 Å². The summed E-state index contributed by atoms with van der Waals surface area (Å²) in [5, 5.41) is 8.73. The summed E-state index contributed by atoms with van der Waals surface area (Å²) in [6.07, 6.45) is 5.73. The Bertz CT molecular complexity index is 688. The van der Waals surface area contributed by atoms with Gasteiger partial charge in [0.15, 0.2) is 0 Å². The number of likely N-dealkylation sites (tertiary alicyclic amines) is 1. The number of nitrogens with zero attached hydrogens (tertiary/aromatic N) is 5. The van der Waals surface area contributed by atoms with Crippen LogP contribution >= 0.6 is 0 Å². The minimum atomic E-state index is -0.0761. The topological polar surface area (TPSA) is 56.0 Å². The number of carbonyl (C=O) groups is 1. The van der Waals surface area contributed by atoms with Crippen LogP contribution in [-0.4, -0.2) is 36.9 Å². The first kappa shape index (κ1) is 15.8. The Morgan fingerprint density at radius 3 is 2.83 bits per heavy atom. The summed E-state index contributed by atoms with van der Waals surface area (Å²) >= 11 is 0.